The summed E-state index contributed by atoms with van der Waals surface area (Å²) >= 11 is 0. The molecule has 0 aromatic carbocycles. The molecular formula is C25H36N2O6. The number of unbranched alkanes of at least 4 members (excludes halogenated alkanes) is 1. The molecule has 182 valence electrons. The summed E-state index contributed by atoms with van der Waals surface area (Å²) in [7, 11) is 0. The number of rotatable bonds is 6. The van der Waals surface area contributed by atoms with Crippen molar-refractivity contribution in [3.05, 3.63) is 24.3 Å². The lowest BCUT2D eigenvalue weighted by atomic mass is 9.78. The highest BCUT2D eigenvalue weighted by atomic mass is 16.6. The summed E-state index contributed by atoms with van der Waals surface area (Å²) in [6, 6.07) is -1.49. The van der Waals surface area contributed by atoms with Crippen LogP contribution in [0.3, 0.4) is 0 Å². The maximum absolute atomic E-state index is 14.0. The summed E-state index contributed by atoms with van der Waals surface area (Å²) in [5, 5.41) is 10.2. The molecule has 4 aliphatic rings. The van der Waals surface area contributed by atoms with Crippen LogP contribution < -0.4 is 0 Å². The van der Waals surface area contributed by atoms with Crippen molar-refractivity contribution in [2.45, 2.75) is 70.2 Å². The third-order valence-electron chi connectivity index (χ3n) is 7.47. The van der Waals surface area contributed by atoms with Gasteiger partial charge in [0, 0.05) is 13.1 Å². The summed E-state index contributed by atoms with van der Waals surface area (Å²) < 4.78 is 12.1. The molecule has 8 nitrogen and oxygen atoms in total. The van der Waals surface area contributed by atoms with Gasteiger partial charge in [-0.3, -0.25) is 14.4 Å². The summed E-state index contributed by atoms with van der Waals surface area (Å²) in [5.41, 5.74) is -1.27. The van der Waals surface area contributed by atoms with E-state index in [0.29, 0.717) is 19.5 Å². The molecule has 1 N–H and O–H groups in total. The van der Waals surface area contributed by atoms with Crippen molar-refractivity contribution in [3.63, 3.8) is 0 Å². The van der Waals surface area contributed by atoms with Crippen LogP contribution >= 0.6 is 0 Å². The SMILES string of the molecule is CCCCN1CC=C[C@]23O[C@@H]4/C=C\CCCOC(=O)[C@@H]4[C@H]2C(=O)N([C@@H](CO)C(C)C)C3C1=O. The first-order valence-corrected chi connectivity index (χ1v) is 12.3. The first kappa shape index (κ1) is 24.0. The highest BCUT2D eigenvalue weighted by Gasteiger charge is 2.72. The molecule has 2 amide bonds. The quantitative estimate of drug-likeness (QED) is 0.479. The molecule has 1 unspecified atom stereocenters. The van der Waals surface area contributed by atoms with Gasteiger partial charge in [0.25, 0.3) is 0 Å². The molecule has 0 aromatic rings. The van der Waals surface area contributed by atoms with E-state index >= 15 is 0 Å². The van der Waals surface area contributed by atoms with Gasteiger partial charge in [0.05, 0.1) is 31.3 Å². The van der Waals surface area contributed by atoms with Crippen LogP contribution in [0.1, 0.15) is 46.5 Å². The Morgan fingerprint density at radius 1 is 1.21 bits per heavy atom. The van der Waals surface area contributed by atoms with E-state index in [9.17, 15) is 19.5 Å². The fourth-order valence-corrected chi connectivity index (χ4v) is 5.77. The minimum atomic E-state index is -1.27. The number of allylic oxidation sites excluding steroid dienone is 1. The highest BCUT2D eigenvalue weighted by Crippen LogP contribution is 2.54. The maximum Gasteiger partial charge on any atom is 0.312 e. The van der Waals surface area contributed by atoms with Crippen molar-refractivity contribution in [2.24, 2.45) is 17.8 Å². The van der Waals surface area contributed by atoms with Crippen LogP contribution in [0.2, 0.25) is 0 Å². The van der Waals surface area contributed by atoms with Crippen molar-refractivity contribution < 1.29 is 29.0 Å². The molecule has 4 rings (SSSR count). The molecule has 4 heterocycles. The molecule has 0 saturated carbocycles. The second-order valence-corrected chi connectivity index (χ2v) is 9.86. The molecule has 2 saturated heterocycles. The molecule has 0 aliphatic carbocycles. The minimum absolute atomic E-state index is 0.0814. The predicted molar refractivity (Wildman–Crippen MR) is 121 cm³/mol. The number of carbonyl (C=O) groups is 3. The van der Waals surface area contributed by atoms with E-state index in [1.165, 1.54) is 4.90 Å². The number of fused-ring (bicyclic) bond motifs is 2. The Kier molecular flexibility index (Phi) is 6.96. The number of nitrogens with zero attached hydrogens (tertiary/aromatic N) is 2. The second-order valence-electron chi connectivity index (χ2n) is 9.86. The maximum atomic E-state index is 14.0. The van der Waals surface area contributed by atoms with E-state index in [1.807, 2.05) is 38.2 Å². The molecule has 4 aliphatic heterocycles. The van der Waals surface area contributed by atoms with Crippen molar-refractivity contribution in [1.29, 1.82) is 0 Å². The van der Waals surface area contributed by atoms with E-state index in [2.05, 4.69) is 6.92 Å². The first-order valence-electron chi connectivity index (χ1n) is 12.3. The van der Waals surface area contributed by atoms with Gasteiger partial charge < -0.3 is 24.4 Å². The summed E-state index contributed by atoms with van der Waals surface area (Å²) in [6.45, 7) is 6.93. The van der Waals surface area contributed by atoms with Crippen molar-refractivity contribution in [1.82, 2.24) is 9.80 Å². The van der Waals surface area contributed by atoms with E-state index in [1.54, 1.807) is 4.90 Å². The van der Waals surface area contributed by atoms with Crippen LogP contribution in [0.15, 0.2) is 24.3 Å². The van der Waals surface area contributed by atoms with Crippen molar-refractivity contribution in [2.75, 3.05) is 26.3 Å². The Balaban J connectivity index is 1.83. The molecule has 1 spiro atoms. The van der Waals surface area contributed by atoms with Crippen molar-refractivity contribution in [3.8, 4) is 0 Å². The second kappa shape index (κ2) is 9.58. The molecular weight excluding hydrogens is 424 g/mol. The lowest BCUT2D eigenvalue weighted by Crippen LogP contribution is -2.59. The zero-order valence-electron chi connectivity index (χ0n) is 19.8. The summed E-state index contributed by atoms with van der Waals surface area (Å²) in [6.07, 6.45) is 10.2. The molecule has 33 heavy (non-hydrogen) atoms. The molecule has 6 atom stereocenters. The van der Waals surface area contributed by atoms with Gasteiger partial charge in [0.15, 0.2) is 0 Å². The predicted octanol–water partition coefficient (Wildman–Crippen LogP) is 1.68. The summed E-state index contributed by atoms with van der Waals surface area (Å²) in [4.78, 5) is 44.4. The number of likely N-dealkylation sites (tertiary alicyclic amines) is 1. The number of hydrogen-bond acceptors (Lipinski definition) is 6. The van der Waals surface area contributed by atoms with Gasteiger partial charge in [0.2, 0.25) is 11.8 Å². The molecule has 0 aromatic heterocycles. The number of amides is 2. The third-order valence-corrected chi connectivity index (χ3v) is 7.47. The van der Waals surface area contributed by atoms with Gasteiger partial charge in [-0.05, 0) is 25.2 Å². The Bertz CT molecular complexity index is 839. The third kappa shape index (κ3) is 3.91. The Morgan fingerprint density at radius 2 is 2.00 bits per heavy atom. The average Bonchev–Trinajstić information content (AvgIpc) is 3.19. The first-order chi connectivity index (χ1) is 15.9. The number of cyclic esters (lactones) is 1. The normalized spacial score (nSPS) is 35.8. The van der Waals surface area contributed by atoms with E-state index in [4.69, 9.17) is 9.47 Å². The average molecular weight is 461 g/mol. The smallest absolute Gasteiger partial charge is 0.312 e. The van der Waals surface area contributed by atoms with Gasteiger partial charge >= 0.3 is 5.97 Å². The van der Waals surface area contributed by atoms with Crippen molar-refractivity contribution >= 4 is 17.8 Å². The number of ether oxygens (including phenoxy) is 2. The largest absolute Gasteiger partial charge is 0.465 e. The fourth-order valence-electron chi connectivity index (χ4n) is 5.77. The lowest BCUT2D eigenvalue weighted by molar-refractivity contribution is -0.156. The van der Waals surface area contributed by atoms with Crippen LogP contribution in [-0.2, 0) is 23.9 Å². The van der Waals surface area contributed by atoms with Crippen LogP contribution in [0.4, 0.5) is 0 Å². The zero-order chi connectivity index (χ0) is 23.8. The number of carbonyl (C=O) groups excluding carboxylic acids is 3. The lowest BCUT2D eigenvalue weighted by Gasteiger charge is -2.39. The minimum Gasteiger partial charge on any atom is -0.465 e. The Morgan fingerprint density at radius 3 is 2.70 bits per heavy atom. The van der Waals surface area contributed by atoms with Gasteiger partial charge in [-0.2, -0.15) is 0 Å². The van der Waals surface area contributed by atoms with Gasteiger partial charge in [-0.1, -0.05) is 51.5 Å². The van der Waals surface area contributed by atoms with Crippen LogP contribution in [0, 0.1) is 17.8 Å². The number of aliphatic hydroxyl groups excluding tert-OH is 1. The highest BCUT2D eigenvalue weighted by molar-refractivity contribution is 5.99. The molecule has 8 heteroatoms. The fraction of sp³-hybridized carbons (Fsp3) is 0.720. The van der Waals surface area contributed by atoms with Gasteiger partial charge in [-0.15, -0.1) is 0 Å². The van der Waals surface area contributed by atoms with Gasteiger partial charge in [-0.25, -0.2) is 0 Å². The Hall–Kier alpha value is -2.19. The van der Waals surface area contributed by atoms with E-state index < -0.39 is 41.6 Å². The topological polar surface area (TPSA) is 96.4 Å². The van der Waals surface area contributed by atoms with E-state index in [-0.39, 0.29) is 30.9 Å². The number of hydrogen-bond donors (Lipinski definition) is 1. The van der Waals surface area contributed by atoms with Crippen LogP contribution in [0.25, 0.3) is 0 Å². The molecule has 0 radical (unpaired) electrons. The standard InChI is InChI=1S/C25H36N2O6/c1-4-5-12-26-13-9-11-25-20(19-18(33-25)10-7-6-8-14-32-24(19)31)22(29)27(21(25)23(26)30)17(15-28)16(2)3/h7,9-11,16-21,28H,4-6,8,12-15H2,1-3H3/b10-7-/t17-,18+,19-,20-,21?,25-/m0/s1. The number of aliphatic hydroxyl groups is 1. The summed E-state index contributed by atoms with van der Waals surface area (Å²) in [5.74, 6) is -2.75. The zero-order valence-corrected chi connectivity index (χ0v) is 19.8. The monoisotopic (exact) mass is 460 g/mol. The van der Waals surface area contributed by atoms with Crippen LogP contribution in [-0.4, -0.2) is 82.8 Å². The Labute approximate surface area is 195 Å². The van der Waals surface area contributed by atoms with Gasteiger partial charge in [0.1, 0.15) is 17.6 Å². The van der Waals surface area contributed by atoms with E-state index in [0.717, 1.165) is 19.3 Å². The van der Waals surface area contributed by atoms with Crippen LogP contribution in [0.5, 0.6) is 0 Å². The molecule has 0 bridgehead atoms. The molecule has 2 fully saturated rings. The number of esters is 1.